The van der Waals surface area contributed by atoms with Gasteiger partial charge < -0.3 is 10.1 Å². The van der Waals surface area contributed by atoms with Crippen molar-refractivity contribution in [2.45, 2.75) is 52.7 Å². The molecule has 19 heavy (non-hydrogen) atoms. The van der Waals surface area contributed by atoms with Crippen LogP contribution < -0.4 is 16.2 Å². The molecule has 1 unspecified atom stereocenters. The molecule has 0 saturated heterocycles. The van der Waals surface area contributed by atoms with E-state index >= 15 is 0 Å². The standard InChI is InChI=1S/C12H23N3O4/c1-6-13-9(8(2)16)7-10(17)14-15-11(18)19-12(3,4)5/h9,13H,6-7H2,1-5H3,(H,14,17)(H,15,18). The van der Waals surface area contributed by atoms with E-state index in [4.69, 9.17) is 4.74 Å². The van der Waals surface area contributed by atoms with Crippen LogP contribution >= 0.6 is 0 Å². The van der Waals surface area contributed by atoms with Crippen molar-refractivity contribution >= 4 is 17.8 Å². The van der Waals surface area contributed by atoms with Crippen LogP contribution in [-0.4, -0.2) is 36.0 Å². The van der Waals surface area contributed by atoms with Crippen LogP contribution in [0.2, 0.25) is 0 Å². The van der Waals surface area contributed by atoms with Gasteiger partial charge in [-0.2, -0.15) is 0 Å². The van der Waals surface area contributed by atoms with Crippen molar-refractivity contribution in [3.05, 3.63) is 0 Å². The van der Waals surface area contributed by atoms with E-state index in [1.54, 1.807) is 20.8 Å². The van der Waals surface area contributed by atoms with Crippen molar-refractivity contribution in [1.82, 2.24) is 16.2 Å². The Balaban J connectivity index is 4.11. The van der Waals surface area contributed by atoms with Crippen molar-refractivity contribution in [1.29, 1.82) is 0 Å². The molecule has 3 N–H and O–H groups in total. The van der Waals surface area contributed by atoms with Gasteiger partial charge in [-0.3, -0.25) is 15.0 Å². The van der Waals surface area contributed by atoms with E-state index in [0.29, 0.717) is 6.54 Å². The molecule has 0 aliphatic carbocycles. The predicted octanol–water partition coefficient (Wildman–Crippen LogP) is 0.499. The number of amides is 2. The molecule has 1 atom stereocenters. The van der Waals surface area contributed by atoms with Gasteiger partial charge in [-0.1, -0.05) is 6.92 Å². The maximum absolute atomic E-state index is 11.5. The van der Waals surface area contributed by atoms with Gasteiger partial charge in [-0.15, -0.1) is 0 Å². The molecule has 7 heteroatoms. The fourth-order valence-electron chi connectivity index (χ4n) is 1.27. The summed E-state index contributed by atoms with van der Waals surface area (Å²) in [5.74, 6) is -0.596. The summed E-state index contributed by atoms with van der Waals surface area (Å²) in [6.45, 7) is 8.97. The van der Waals surface area contributed by atoms with E-state index in [1.165, 1.54) is 6.92 Å². The summed E-state index contributed by atoms with van der Waals surface area (Å²) in [4.78, 5) is 34.0. The van der Waals surface area contributed by atoms with Gasteiger partial charge in [0.25, 0.3) is 0 Å². The summed E-state index contributed by atoms with van der Waals surface area (Å²) in [6, 6.07) is -0.551. The van der Waals surface area contributed by atoms with E-state index < -0.39 is 23.6 Å². The molecule has 0 saturated carbocycles. The monoisotopic (exact) mass is 273 g/mol. The van der Waals surface area contributed by atoms with Crippen molar-refractivity contribution < 1.29 is 19.1 Å². The van der Waals surface area contributed by atoms with Crippen LogP contribution in [0.4, 0.5) is 4.79 Å². The number of rotatable bonds is 5. The third-order valence-electron chi connectivity index (χ3n) is 2.03. The third-order valence-corrected chi connectivity index (χ3v) is 2.03. The van der Waals surface area contributed by atoms with Crippen LogP contribution in [0.1, 0.15) is 41.0 Å². The number of likely N-dealkylation sites (N-methyl/N-ethyl adjacent to an activating group) is 1. The smallest absolute Gasteiger partial charge is 0.426 e. The van der Waals surface area contributed by atoms with Gasteiger partial charge in [0.2, 0.25) is 5.91 Å². The van der Waals surface area contributed by atoms with Crippen LogP contribution in [0.3, 0.4) is 0 Å². The van der Waals surface area contributed by atoms with Gasteiger partial charge in [0, 0.05) is 0 Å². The van der Waals surface area contributed by atoms with E-state index in [9.17, 15) is 14.4 Å². The third kappa shape index (κ3) is 9.01. The Bertz CT molecular complexity index is 336. The first kappa shape index (κ1) is 17.4. The quantitative estimate of drug-likeness (QED) is 0.634. The molecule has 2 amide bonds. The Hall–Kier alpha value is -1.63. The topological polar surface area (TPSA) is 96.5 Å². The second-order valence-electron chi connectivity index (χ2n) is 5.10. The molecular formula is C12H23N3O4. The minimum Gasteiger partial charge on any atom is -0.443 e. The fraction of sp³-hybridized carbons (Fsp3) is 0.750. The molecule has 0 aliphatic heterocycles. The zero-order chi connectivity index (χ0) is 15.1. The van der Waals surface area contributed by atoms with Crippen LogP contribution in [0.15, 0.2) is 0 Å². The molecule has 0 aliphatic rings. The highest BCUT2D eigenvalue weighted by Gasteiger charge is 2.19. The van der Waals surface area contributed by atoms with Crippen LogP contribution in [0.25, 0.3) is 0 Å². The van der Waals surface area contributed by atoms with Gasteiger partial charge in [0.05, 0.1) is 12.5 Å². The van der Waals surface area contributed by atoms with Gasteiger partial charge in [-0.25, -0.2) is 10.2 Å². The number of ether oxygens (including phenoxy) is 1. The van der Waals surface area contributed by atoms with E-state index in [2.05, 4.69) is 16.2 Å². The number of carbonyl (C=O) groups excluding carboxylic acids is 3. The maximum atomic E-state index is 11.5. The van der Waals surface area contributed by atoms with E-state index in [0.717, 1.165) is 0 Å². The molecule has 0 spiro atoms. The van der Waals surface area contributed by atoms with Crippen molar-refractivity contribution in [3.63, 3.8) is 0 Å². The van der Waals surface area contributed by atoms with Gasteiger partial charge in [0.1, 0.15) is 11.4 Å². The second-order valence-corrected chi connectivity index (χ2v) is 5.10. The number of ketones is 1. The molecule has 0 aromatic heterocycles. The largest absolute Gasteiger partial charge is 0.443 e. The molecule has 0 aromatic carbocycles. The zero-order valence-corrected chi connectivity index (χ0v) is 12.1. The molecule has 0 rings (SSSR count). The van der Waals surface area contributed by atoms with Crippen molar-refractivity contribution in [3.8, 4) is 0 Å². The average molecular weight is 273 g/mol. The van der Waals surface area contributed by atoms with Gasteiger partial charge in [-0.05, 0) is 34.2 Å². The molecule has 110 valence electrons. The highest BCUT2D eigenvalue weighted by atomic mass is 16.6. The summed E-state index contributed by atoms with van der Waals surface area (Å²) in [5, 5.41) is 2.88. The van der Waals surface area contributed by atoms with Crippen LogP contribution in [-0.2, 0) is 14.3 Å². The molecule has 0 bridgehead atoms. The SMILES string of the molecule is CCNC(CC(=O)NNC(=O)OC(C)(C)C)C(C)=O. The Morgan fingerprint density at radius 2 is 1.74 bits per heavy atom. The summed E-state index contributed by atoms with van der Waals surface area (Å²) in [5.41, 5.74) is 3.68. The molecule has 0 aromatic rings. The van der Waals surface area contributed by atoms with E-state index in [-0.39, 0.29) is 12.2 Å². The molecule has 7 nitrogen and oxygen atoms in total. The first-order chi connectivity index (χ1) is 8.65. The number of hydrogen-bond donors (Lipinski definition) is 3. The number of hydrogen-bond acceptors (Lipinski definition) is 5. The second kappa shape index (κ2) is 7.73. The summed E-state index contributed by atoms with van der Waals surface area (Å²) < 4.78 is 4.94. The molecule has 0 heterocycles. The maximum Gasteiger partial charge on any atom is 0.426 e. The predicted molar refractivity (Wildman–Crippen MR) is 70.3 cm³/mol. The first-order valence-corrected chi connectivity index (χ1v) is 6.17. The summed E-state index contributed by atoms with van der Waals surface area (Å²) in [6.07, 6.45) is -0.789. The number of Topliss-reactive ketones (excluding diaryl/α,β-unsaturated/α-hetero) is 1. The normalized spacial score (nSPS) is 12.5. The zero-order valence-electron chi connectivity index (χ0n) is 12.1. The minimum atomic E-state index is -0.747. The fourth-order valence-corrected chi connectivity index (χ4v) is 1.27. The molecule has 0 fully saturated rings. The van der Waals surface area contributed by atoms with Crippen LogP contribution in [0.5, 0.6) is 0 Å². The van der Waals surface area contributed by atoms with Crippen LogP contribution in [0, 0.1) is 0 Å². The Morgan fingerprint density at radius 1 is 1.16 bits per heavy atom. The lowest BCUT2D eigenvalue weighted by atomic mass is 10.1. The molecule has 0 radical (unpaired) electrons. The van der Waals surface area contributed by atoms with Crippen molar-refractivity contribution in [2.24, 2.45) is 0 Å². The molecular weight excluding hydrogens is 250 g/mol. The minimum absolute atomic E-state index is 0.0427. The number of nitrogens with one attached hydrogen (secondary N) is 3. The van der Waals surface area contributed by atoms with Crippen molar-refractivity contribution in [2.75, 3.05) is 6.54 Å². The van der Waals surface area contributed by atoms with E-state index in [1.807, 2.05) is 6.92 Å². The number of carbonyl (C=O) groups is 3. The first-order valence-electron chi connectivity index (χ1n) is 6.17. The lowest BCUT2D eigenvalue weighted by molar-refractivity contribution is -0.126. The Kier molecular flexibility index (Phi) is 7.06. The van der Waals surface area contributed by atoms with Gasteiger partial charge in [0.15, 0.2) is 0 Å². The summed E-state index contributed by atoms with van der Waals surface area (Å²) >= 11 is 0. The lowest BCUT2D eigenvalue weighted by Gasteiger charge is -2.20. The lowest BCUT2D eigenvalue weighted by Crippen LogP contribution is -2.47. The highest BCUT2D eigenvalue weighted by Crippen LogP contribution is 2.05. The average Bonchev–Trinajstić information content (AvgIpc) is 2.23. The summed E-state index contributed by atoms with van der Waals surface area (Å²) in [7, 11) is 0. The van der Waals surface area contributed by atoms with Gasteiger partial charge >= 0.3 is 6.09 Å². The number of hydrazine groups is 1. The highest BCUT2D eigenvalue weighted by molar-refractivity contribution is 5.88. The Morgan fingerprint density at radius 3 is 2.16 bits per heavy atom. The Labute approximate surface area is 113 Å².